The lowest BCUT2D eigenvalue weighted by Crippen LogP contribution is -2.45. The molecule has 0 aliphatic carbocycles. The van der Waals surface area contributed by atoms with Crippen LogP contribution in [0.25, 0.3) is 0 Å². The van der Waals surface area contributed by atoms with Crippen molar-refractivity contribution in [3.63, 3.8) is 0 Å². The second-order valence-electron chi connectivity index (χ2n) is 5.29. The summed E-state index contributed by atoms with van der Waals surface area (Å²) in [5, 5.41) is 0. The average Bonchev–Trinajstić information content (AvgIpc) is 2.65. The van der Waals surface area contributed by atoms with Gasteiger partial charge in [0.1, 0.15) is 0 Å². The molecule has 1 saturated heterocycles. The zero-order valence-corrected chi connectivity index (χ0v) is 11.6. The van der Waals surface area contributed by atoms with Gasteiger partial charge in [0.2, 0.25) is 0 Å². The standard InChI is InChI=1S/C13H17BrN2/c1-13-6-7-15(2)12(13)16(3)11-5-4-9(14)8-10(11)13/h4-5,8,12H,6-7H2,1-3H3/t12-,13?/m1/s1. The minimum absolute atomic E-state index is 0.294. The first-order valence-corrected chi connectivity index (χ1v) is 6.56. The molecule has 3 rings (SSSR count). The van der Waals surface area contributed by atoms with E-state index in [2.05, 4.69) is 64.9 Å². The quantitative estimate of drug-likeness (QED) is 0.721. The van der Waals surface area contributed by atoms with Crippen molar-refractivity contribution in [2.24, 2.45) is 0 Å². The zero-order chi connectivity index (χ0) is 11.5. The van der Waals surface area contributed by atoms with Crippen molar-refractivity contribution in [1.82, 2.24) is 4.90 Å². The molecule has 0 aromatic heterocycles. The number of hydrogen-bond acceptors (Lipinski definition) is 2. The van der Waals surface area contributed by atoms with Crippen LogP contribution >= 0.6 is 15.9 Å². The number of anilines is 1. The molecule has 0 spiro atoms. The smallest absolute Gasteiger partial charge is 0.0911 e. The highest BCUT2D eigenvalue weighted by molar-refractivity contribution is 9.10. The number of benzene rings is 1. The van der Waals surface area contributed by atoms with Gasteiger partial charge in [0.15, 0.2) is 0 Å². The lowest BCUT2D eigenvalue weighted by molar-refractivity contribution is 0.268. The molecule has 1 fully saturated rings. The van der Waals surface area contributed by atoms with Gasteiger partial charge < -0.3 is 4.90 Å². The zero-order valence-electron chi connectivity index (χ0n) is 10.00. The van der Waals surface area contributed by atoms with Gasteiger partial charge in [-0.3, -0.25) is 4.90 Å². The molecule has 16 heavy (non-hydrogen) atoms. The highest BCUT2D eigenvalue weighted by Gasteiger charge is 2.51. The predicted molar refractivity (Wildman–Crippen MR) is 70.9 cm³/mol. The number of fused-ring (bicyclic) bond motifs is 3. The maximum atomic E-state index is 3.59. The molecule has 1 unspecified atom stereocenters. The van der Waals surface area contributed by atoms with Gasteiger partial charge in [0.25, 0.3) is 0 Å². The van der Waals surface area contributed by atoms with E-state index in [-0.39, 0.29) is 0 Å². The predicted octanol–water partition coefficient (Wildman–Crippen LogP) is 2.82. The Balaban J connectivity index is 2.20. The van der Waals surface area contributed by atoms with Crippen molar-refractivity contribution >= 4 is 21.6 Å². The molecule has 3 heteroatoms. The Bertz CT molecular complexity index is 446. The number of hydrogen-bond donors (Lipinski definition) is 0. The Hall–Kier alpha value is -0.540. The second kappa shape index (κ2) is 3.23. The number of likely N-dealkylation sites (N-methyl/N-ethyl adjacent to an activating group) is 2. The molecule has 0 amide bonds. The first kappa shape index (κ1) is 10.6. The molecule has 2 aliphatic rings. The molecule has 0 bridgehead atoms. The van der Waals surface area contributed by atoms with E-state index in [1.807, 2.05) is 0 Å². The van der Waals surface area contributed by atoms with Crippen molar-refractivity contribution in [2.45, 2.75) is 24.9 Å². The van der Waals surface area contributed by atoms with E-state index < -0.39 is 0 Å². The van der Waals surface area contributed by atoms with E-state index >= 15 is 0 Å². The normalized spacial score (nSPS) is 33.0. The van der Waals surface area contributed by atoms with E-state index in [0.29, 0.717) is 11.6 Å². The van der Waals surface area contributed by atoms with Crippen LogP contribution in [0.3, 0.4) is 0 Å². The van der Waals surface area contributed by atoms with Crippen LogP contribution in [0.15, 0.2) is 22.7 Å². The molecule has 0 radical (unpaired) electrons. The maximum Gasteiger partial charge on any atom is 0.0911 e. The highest BCUT2D eigenvalue weighted by Crippen LogP contribution is 2.51. The number of rotatable bonds is 0. The molecule has 1 aromatic carbocycles. The van der Waals surface area contributed by atoms with Gasteiger partial charge in [-0.15, -0.1) is 0 Å². The van der Waals surface area contributed by atoms with Crippen molar-refractivity contribution in [3.8, 4) is 0 Å². The molecule has 2 atom stereocenters. The molecule has 1 aromatic rings. The van der Waals surface area contributed by atoms with Crippen LogP contribution in [0.4, 0.5) is 5.69 Å². The summed E-state index contributed by atoms with van der Waals surface area (Å²) in [6, 6.07) is 6.67. The van der Waals surface area contributed by atoms with E-state index in [4.69, 9.17) is 0 Å². The average molecular weight is 281 g/mol. The lowest BCUT2D eigenvalue weighted by atomic mass is 9.81. The van der Waals surface area contributed by atoms with Crippen LogP contribution in [-0.2, 0) is 5.41 Å². The Labute approximate surface area is 105 Å². The van der Waals surface area contributed by atoms with Gasteiger partial charge in [0.05, 0.1) is 6.17 Å². The van der Waals surface area contributed by atoms with Crippen molar-refractivity contribution < 1.29 is 0 Å². The van der Waals surface area contributed by atoms with Crippen LogP contribution in [0.1, 0.15) is 18.9 Å². The Morgan fingerprint density at radius 1 is 1.38 bits per heavy atom. The third kappa shape index (κ3) is 1.16. The summed E-state index contributed by atoms with van der Waals surface area (Å²) in [4.78, 5) is 4.89. The summed E-state index contributed by atoms with van der Waals surface area (Å²) in [5.41, 5.74) is 3.18. The maximum absolute atomic E-state index is 3.59. The summed E-state index contributed by atoms with van der Waals surface area (Å²) < 4.78 is 1.19. The Kier molecular flexibility index (Phi) is 2.14. The fourth-order valence-corrected chi connectivity index (χ4v) is 3.91. The van der Waals surface area contributed by atoms with E-state index in [0.717, 1.165) is 0 Å². The largest absolute Gasteiger partial charge is 0.358 e. The summed E-state index contributed by atoms with van der Waals surface area (Å²) >= 11 is 3.59. The SMILES string of the molecule is CN1CCC2(C)c3cc(Br)ccc3N(C)[C@@H]12. The molecule has 0 N–H and O–H groups in total. The van der Waals surface area contributed by atoms with Crippen molar-refractivity contribution in [2.75, 3.05) is 25.5 Å². The van der Waals surface area contributed by atoms with Crippen LogP contribution in [0, 0.1) is 0 Å². The molecule has 0 saturated carbocycles. The summed E-state index contributed by atoms with van der Waals surface area (Å²) in [6.07, 6.45) is 1.78. The van der Waals surface area contributed by atoms with E-state index in [1.54, 1.807) is 0 Å². The summed E-state index contributed by atoms with van der Waals surface area (Å²) in [7, 11) is 4.44. The van der Waals surface area contributed by atoms with Crippen LogP contribution < -0.4 is 4.90 Å². The van der Waals surface area contributed by atoms with Gasteiger partial charge in [-0.25, -0.2) is 0 Å². The second-order valence-corrected chi connectivity index (χ2v) is 6.21. The van der Waals surface area contributed by atoms with Gasteiger partial charge in [-0.05, 0) is 37.2 Å². The van der Waals surface area contributed by atoms with Crippen LogP contribution in [0.2, 0.25) is 0 Å². The monoisotopic (exact) mass is 280 g/mol. The minimum Gasteiger partial charge on any atom is -0.358 e. The first-order chi connectivity index (χ1) is 7.54. The number of nitrogens with zero attached hydrogens (tertiary/aromatic N) is 2. The molecular formula is C13H17BrN2. The van der Waals surface area contributed by atoms with Crippen LogP contribution in [-0.4, -0.2) is 31.7 Å². The highest BCUT2D eigenvalue weighted by atomic mass is 79.9. The fourth-order valence-electron chi connectivity index (χ4n) is 3.55. The summed E-state index contributed by atoms with van der Waals surface area (Å²) in [6.45, 7) is 3.59. The number of likely N-dealkylation sites (tertiary alicyclic amines) is 1. The molecule has 2 aliphatic heterocycles. The topological polar surface area (TPSA) is 6.48 Å². The Morgan fingerprint density at radius 2 is 2.12 bits per heavy atom. The molecule has 86 valence electrons. The van der Waals surface area contributed by atoms with Crippen molar-refractivity contribution in [1.29, 1.82) is 0 Å². The van der Waals surface area contributed by atoms with Crippen LogP contribution in [0.5, 0.6) is 0 Å². The first-order valence-electron chi connectivity index (χ1n) is 5.77. The van der Waals surface area contributed by atoms with Gasteiger partial charge >= 0.3 is 0 Å². The molecular weight excluding hydrogens is 264 g/mol. The molecule has 2 heterocycles. The lowest BCUT2D eigenvalue weighted by Gasteiger charge is -2.32. The fraction of sp³-hybridized carbons (Fsp3) is 0.538. The third-order valence-electron chi connectivity index (χ3n) is 4.29. The van der Waals surface area contributed by atoms with E-state index in [9.17, 15) is 0 Å². The van der Waals surface area contributed by atoms with Gasteiger partial charge in [0, 0.05) is 29.2 Å². The van der Waals surface area contributed by atoms with Gasteiger partial charge in [-0.1, -0.05) is 22.9 Å². The van der Waals surface area contributed by atoms with Gasteiger partial charge in [-0.2, -0.15) is 0 Å². The van der Waals surface area contributed by atoms with Crippen molar-refractivity contribution in [3.05, 3.63) is 28.2 Å². The third-order valence-corrected chi connectivity index (χ3v) is 4.79. The summed E-state index contributed by atoms with van der Waals surface area (Å²) in [5.74, 6) is 0. The Morgan fingerprint density at radius 3 is 2.88 bits per heavy atom. The minimum atomic E-state index is 0.294. The number of halogens is 1. The van der Waals surface area contributed by atoms with E-state index in [1.165, 1.54) is 28.7 Å². The molecule has 2 nitrogen and oxygen atoms in total.